The smallest absolute Gasteiger partial charge is 0.325 e. The van der Waals surface area contributed by atoms with Gasteiger partial charge in [0.2, 0.25) is 0 Å². The van der Waals surface area contributed by atoms with Crippen molar-refractivity contribution in [2.75, 3.05) is 33.2 Å². The van der Waals surface area contributed by atoms with E-state index in [-0.39, 0.29) is 11.5 Å². The standard InChI is InChI=1S/C10H14N4O3/c1-13-2-4-14(5-3-13)9(16)7-6-11-10(17)12-8(7)15/h6H,2-5H2,1H3,(H2,11,12,15,17). The number of hydrogen-bond donors (Lipinski definition) is 2. The molecule has 0 bridgehead atoms. The Hall–Kier alpha value is -1.89. The number of aromatic nitrogens is 2. The van der Waals surface area contributed by atoms with E-state index in [0.717, 1.165) is 13.1 Å². The molecule has 7 heteroatoms. The summed E-state index contributed by atoms with van der Waals surface area (Å²) in [6.45, 7) is 2.75. The van der Waals surface area contributed by atoms with E-state index in [1.807, 2.05) is 12.0 Å². The lowest BCUT2D eigenvalue weighted by Gasteiger charge is -2.32. The minimum absolute atomic E-state index is 0.0193. The molecule has 0 aromatic carbocycles. The molecule has 1 amide bonds. The molecule has 0 saturated carbocycles. The van der Waals surface area contributed by atoms with Crippen molar-refractivity contribution >= 4 is 5.91 Å². The first-order chi connectivity index (χ1) is 8.08. The molecular formula is C10H14N4O3. The Morgan fingerprint density at radius 2 is 1.88 bits per heavy atom. The Labute approximate surface area is 97.1 Å². The molecular weight excluding hydrogens is 224 g/mol. The summed E-state index contributed by atoms with van der Waals surface area (Å²) >= 11 is 0. The molecule has 2 N–H and O–H groups in total. The maximum absolute atomic E-state index is 12.0. The fourth-order valence-corrected chi connectivity index (χ4v) is 1.75. The van der Waals surface area contributed by atoms with Crippen LogP contribution in [0.5, 0.6) is 0 Å². The largest absolute Gasteiger partial charge is 0.336 e. The molecule has 0 spiro atoms. The molecule has 1 aliphatic rings. The van der Waals surface area contributed by atoms with Gasteiger partial charge in [0.1, 0.15) is 5.56 Å². The van der Waals surface area contributed by atoms with Crippen LogP contribution in [-0.2, 0) is 0 Å². The van der Waals surface area contributed by atoms with Crippen LogP contribution in [0.3, 0.4) is 0 Å². The Bertz CT molecular complexity index is 525. The SMILES string of the molecule is CN1CCN(C(=O)c2c[nH]c(=O)[nH]c2=O)CC1. The van der Waals surface area contributed by atoms with E-state index in [9.17, 15) is 14.4 Å². The molecule has 92 valence electrons. The molecule has 17 heavy (non-hydrogen) atoms. The summed E-state index contributed by atoms with van der Waals surface area (Å²) in [4.78, 5) is 42.4. The lowest BCUT2D eigenvalue weighted by Crippen LogP contribution is -2.48. The number of H-pyrrole nitrogens is 2. The third kappa shape index (κ3) is 2.44. The Morgan fingerprint density at radius 1 is 1.24 bits per heavy atom. The first-order valence-electron chi connectivity index (χ1n) is 5.38. The number of aromatic amines is 2. The quantitative estimate of drug-likeness (QED) is 0.620. The van der Waals surface area contributed by atoms with Crippen LogP contribution < -0.4 is 11.2 Å². The summed E-state index contributed by atoms with van der Waals surface area (Å²) in [5.74, 6) is -0.337. The number of nitrogens with one attached hydrogen (secondary N) is 2. The van der Waals surface area contributed by atoms with Gasteiger partial charge in [-0.2, -0.15) is 0 Å². The number of carbonyl (C=O) groups is 1. The van der Waals surface area contributed by atoms with Gasteiger partial charge >= 0.3 is 5.69 Å². The molecule has 0 unspecified atom stereocenters. The Balaban J connectivity index is 2.20. The summed E-state index contributed by atoms with van der Waals surface area (Å²) in [7, 11) is 1.98. The van der Waals surface area contributed by atoms with Gasteiger partial charge in [-0.05, 0) is 7.05 Å². The molecule has 7 nitrogen and oxygen atoms in total. The first kappa shape index (κ1) is 11.6. The third-order valence-corrected chi connectivity index (χ3v) is 2.84. The zero-order chi connectivity index (χ0) is 12.4. The Kier molecular flexibility index (Phi) is 3.10. The maximum Gasteiger partial charge on any atom is 0.325 e. The topological polar surface area (TPSA) is 89.3 Å². The van der Waals surface area contributed by atoms with E-state index in [1.54, 1.807) is 4.90 Å². The first-order valence-corrected chi connectivity index (χ1v) is 5.38. The number of hydrogen-bond acceptors (Lipinski definition) is 4. The van der Waals surface area contributed by atoms with E-state index < -0.39 is 11.2 Å². The summed E-state index contributed by atoms with van der Waals surface area (Å²) in [5.41, 5.74) is -1.27. The molecule has 2 heterocycles. The number of nitrogens with zero attached hydrogens (tertiary/aromatic N) is 2. The average molecular weight is 238 g/mol. The maximum atomic E-state index is 12.0. The van der Waals surface area contributed by atoms with Crippen molar-refractivity contribution in [1.82, 2.24) is 19.8 Å². The van der Waals surface area contributed by atoms with Crippen molar-refractivity contribution in [3.05, 3.63) is 32.6 Å². The molecule has 0 radical (unpaired) electrons. The summed E-state index contributed by atoms with van der Waals surface area (Å²) in [5, 5.41) is 0. The van der Waals surface area contributed by atoms with Gasteiger partial charge in [0.05, 0.1) is 0 Å². The van der Waals surface area contributed by atoms with Crippen molar-refractivity contribution in [2.45, 2.75) is 0 Å². The van der Waals surface area contributed by atoms with Gasteiger partial charge in [-0.25, -0.2) is 4.79 Å². The average Bonchev–Trinajstić information content (AvgIpc) is 2.29. The summed E-state index contributed by atoms with van der Waals surface area (Å²) in [6, 6.07) is 0. The highest BCUT2D eigenvalue weighted by atomic mass is 16.2. The molecule has 0 atom stereocenters. The lowest BCUT2D eigenvalue weighted by molar-refractivity contribution is 0.0661. The van der Waals surface area contributed by atoms with Gasteiger partial charge < -0.3 is 14.8 Å². The zero-order valence-electron chi connectivity index (χ0n) is 9.52. The zero-order valence-corrected chi connectivity index (χ0v) is 9.52. The number of likely N-dealkylation sites (N-methyl/N-ethyl adjacent to an activating group) is 1. The number of amides is 1. The van der Waals surface area contributed by atoms with Gasteiger partial charge in [-0.15, -0.1) is 0 Å². The predicted octanol–water partition coefficient (Wildman–Crippen LogP) is -1.55. The second-order valence-electron chi connectivity index (χ2n) is 4.08. The molecule has 0 aliphatic carbocycles. The van der Waals surface area contributed by atoms with Crippen molar-refractivity contribution in [3.63, 3.8) is 0 Å². The highest BCUT2D eigenvalue weighted by Gasteiger charge is 2.22. The van der Waals surface area contributed by atoms with Crippen LogP contribution in [0.1, 0.15) is 10.4 Å². The van der Waals surface area contributed by atoms with Crippen LogP contribution >= 0.6 is 0 Å². The third-order valence-electron chi connectivity index (χ3n) is 2.84. The summed E-state index contributed by atoms with van der Waals surface area (Å²) < 4.78 is 0. The molecule has 1 aliphatic heterocycles. The van der Waals surface area contributed by atoms with Crippen molar-refractivity contribution in [1.29, 1.82) is 0 Å². The highest BCUT2D eigenvalue weighted by Crippen LogP contribution is 2.03. The van der Waals surface area contributed by atoms with E-state index in [4.69, 9.17) is 0 Å². The van der Waals surface area contributed by atoms with Crippen molar-refractivity contribution < 1.29 is 4.79 Å². The van der Waals surface area contributed by atoms with Crippen LogP contribution in [0, 0.1) is 0 Å². The minimum atomic E-state index is -0.641. The number of rotatable bonds is 1. The predicted molar refractivity (Wildman–Crippen MR) is 61.1 cm³/mol. The number of carbonyl (C=O) groups excluding carboxylic acids is 1. The Morgan fingerprint density at radius 3 is 2.47 bits per heavy atom. The van der Waals surface area contributed by atoms with Crippen molar-refractivity contribution in [3.8, 4) is 0 Å². The van der Waals surface area contributed by atoms with Gasteiger partial charge in [-0.3, -0.25) is 14.6 Å². The van der Waals surface area contributed by atoms with Gasteiger partial charge in [0, 0.05) is 32.4 Å². The van der Waals surface area contributed by atoms with Crippen LogP contribution in [0.4, 0.5) is 0 Å². The van der Waals surface area contributed by atoms with Gasteiger partial charge in [-0.1, -0.05) is 0 Å². The lowest BCUT2D eigenvalue weighted by atomic mass is 10.2. The minimum Gasteiger partial charge on any atom is -0.336 e. The van der Waals surface area contributed by atoms with Crippen LogP contribution in [0.2, 0.25) is 0 Å². The van der Waals surface area contributed by atoms with Gasteiger partial charge in [0.15, 0.2) is 0 Å². The van der Waals surface area contributed by atoms with Crippen LogP contribution in [-0.4, -0.2) is 58.9 Å². The van der Waals surface area contributed by atoms with E-state index in [1.165, 1.54) is 6.20 Å². The fourth-order valence-electron chi connectivity index (χ4n) is 1.75. The molecule has 2 rings (SSSR count). The second kappa shape index (κ2) is 4.54. The normalized spacial score (nSPS) is 17.1. The van der Waals surface area contributed by atoms with Crippen LogP contribution in [0.25, 0.3) is 0 Å². The molecule has 1 fully saturated rings. The van der Waals surface area contributed by atoms with Crippen LogP contribution in [0.15, 0.2) is 15.8 Å². The molecule has 1 aromatic rings. The van der Waals surface area contributed by atoms with E-state index in [0.29, 0.717) is 13.1 Å². The van der Waals surface area contributed by atoms with Gasteiger partial charge in [0.25, 0.3) is 11.5 Å². The van der Waals surface area contributed by atoms with Crippen molar-refractivity contribution in [2.24, 2.45) is 0 Å². The van der Waals surface area contributed by atoms with E-state index >= 15 is 0 Å². The monoisotopic (exact) mass is 238 g/mol. The molecule has 1 aromatic heterocycles. The highest BCUT2D eigenvalue weighted by molar-refractivity contribution is 5.93. The number of piperazine rings is 1. The van der Waals surface area contributed by atoms with E-state index in [2.05, 4.69) is 9.88 Å². The second-order valence-corrected chi connectivity index (χ2v) is 4.08. The molecule has 1 saturated heterocycles. The fraction of sp³-hybridized carbons (Fsp3) is 0.500. The summed E-state index contributed by atoms with van der Waals surface area (Å²) in [6.07, 6.45) is 1.17.